The van der Waals surface area contributed by atoms with Crippen molar-refractivity contribution in [1.29, 1.82) is 0 Å². The van der Waals surface area contributed by atoms with Crippen LogP contribution in [0.2, 0.25) is 0 Å². The number of ether oxygens (including phenoxy) is 1. The van der Waals surface area contributed by atoms with Gasteiger partial charge in [-0.3, -0.25) is 0 Å². The van der Waals surface area contributed by atoms with Gasteiger partial charge in [-0.25, -0.2) is 0 Å². The Hall–Kier alpha value is -0.0800. The summed E-state index contributed by atoms with van der Waals surface area (Å²) in [6.45, 7) is 8.07. The summed E-state index contributed by atoms with van der Waals surface area (Å²) in [7, 11) is 0. The van der Waals surface area contributed by atoms with Gasteiger partial charge in [0.2, 0.25) is 0 Å². The highest BCUT2D eigenvalue weighted by Gasteiger charge is 2.50. The van der Waals surface area contributed by atoms with E-state index in [1.807, 2.05) is 0 Å². The smallest absolute Gasteiger partial charge is 0.0779 e. The Balaban J connectivity index is 1.73. The highest BCUT2D eigenvalue weighted by atomic mass is 16.5. The lowest BCUT2D eigenvalue weighted by atomic mass is 9.75. The van der Waals surface area contributed by atoms with Crippen LogP contribution in [0.1, 0.15) is 59.3 Å². The lowest BCUT2D eigenvalue weighted by Gasteiger charge is -2.49. The van der Waals surface area contributed by atoms with E-state index in [0.29, 0.717) is 23.1 Å². The Kier molecular flexibility index (Phi) is 2.79. The number of fused-ring (bicyclic) bond motifs is 1. The molecule has 0 bridgehead atoms. The molecule has 0 amide bonds. The third-order valence-electron chi connectivity index (χ3n) is 5.36. The monoisotopic (exact) mass is 237 g/mol. The minimum absolute atomic E-state index is 0.319. The summed E-state index contributed by atoms with van der Waals surface area (Å²) in [5.74, 6) is 0.866. The van der Waals surface area contributed by atoms with Crippen LogP contribution in [-0.2, 0) is 4.74 Å². The molecule has 3 rings (SSSR count). The number of hydrogen-bond acceptors (Lipinski definition) is 2. The fraction of sp³-hybridized carbons (Fsp3) is 1.00. The van der Waals surface area contributed by atoms with Gasteiger partial charge in [-0.05, 0) is 37.0 Å². The van der Waals surface area contributed by atoms with E-state index in [-0.39, 0.29) is 0 Å². The predicted molar refractivity (Wildman–Crippen MR) is 70.0 cm³/mol. The van der Waals surface area contributed by atoms with Crippen molar-refractivity contribution < 1.29 is 4.74 Å². The molecule has 17 heavy (non-hydrogen) atoms. The van der Waals surface area contributed by atoms with Crippen molar-refractivity contribution in [3.05, 3.63) is 0 Å². The molecular formula is C15H27NO. The van der Waals surface area contributed by atoms with Gasteiger partial charge >= 0.3 is 0 Å². The molecule has 0 aromatic rings. The number of nitrogens with one attached hydrogen (secondary N) is 1. The van der Waals surface area contributed by atoms with Crippen LogP contribution in [0, 0.1) is 11.3 Å². The van der Waals surface area contributed by atoms with Gasteiger partial charge in [0.1, 0.15) is 0 Å². The molecule has 0 aromatic heterocycles. The highest BCUT2D eigenvalue weighted by Crippen LogP contribution is 2.45. The Morgan fingerprint density at radius 3 is 2.76 bits per heavy atom. The van der Waals surface area contributed by atoms with E-state index in [1.165, 1.54) is 38.5 Å². The molecule has 1 spiro atoms. The number of morpholine rings is 1. The maximum Gasteiger partial charge on any atom is 0.0779 e. The molecule has 3 aliphatic rings. The van der Waals surface area contributed by atoms with Gasteiger partial charge in [-0.15, -0.1) is 0 Å². The molecule has 1 heterocycles. The maximum absolute atomic E-state index is 6.30. The van der Waals surface area contributed by atoms with E-state index in [0.717, 1.165) is 12.5 Å². The van der Waals surface area contributed by atoms with Crippen LogP contribution in [-0.4, -0.2) is 24.3 Å². The van der Waals surface area contributed by atoms with E-state index in [2.05, 4.69) is 26.1 Å². The molecule has 0 aromatic carbocycles. The second-order valence-electron chi connectivity index (χ2n) is 7.49. The van der Waals surface area contributed by atoms with E-state index in [9.17, 15) is 0 Å². The summed E-state index contributed by atoms with van der Waals surface area (Å²) in [6.07, 6.45) is 8.47. The van der Waals surface area contributed by atoms with Crippen LogP contribution >= 0.6 is 0 Å². The number of hydrogen-bond donors (Lipinski definition) is 1. The summed E-state index contributed by atoms with van der Waals surface area (Å²) < 4.78 is 6.30. The summed E-state index contributed by atoms with van der Waals surface area (Å²) in [4.78, 5) is 0. The third kappa shape index (κ3) is 2.04. The lowest BCUT2D eigenvalue weighted by molar-refractivity contribution is -0.101. The van der Waals surface area contributed by atoms with Crippen LogP contribution in [0.25, 0.3) is 0 Å². The summed E-state index contributed by atoms with van der Waals surface area (Å²) in [5.41, 5.74) is 0.693. The van der Waals surface area contributed by atoms with Crippen LogP contribution < -0.4 is 5.32 Å². The SMILES string of the molecule is CC1CCCC2(COC3C(CCC3(C)C)N2)C1. The first kappa shape index (κ1) is 12.0. The highest BCUT2D eigenvalue weighted by molar-refractivity contribution is 5.06. The first-order valence-corrected chi connectivity index (χ1v) is 7.40. The average Bonchev–Trinajstić information content (AvgIpc) is 2.54. The third-order valence-corrected chi connectivity index (χ3v) is 5.36. The Labute approximate surface area is 105 Å². The van der Waals surface area contributed by atoms with Crippen molar-refractivity contribution in [3.63, 3.8) is 0 Å². The molecule has 2 saturated carbocycles. The Bertz CT molecular complexity index is 301. The molecule has 1 saturated heterocycles. The van der Waals surface area contributed by atoms with Crippen molar-refractivity contribution in [2.45, 2.75) is 77.0 Å². The standard InChI is InChI=1S/C15H27NO/c1-11-5-4-7-15(9-11)10-17-13-12(16-15)6-8-14(13,2)3/h11-13,16H,4-10H2,1-3H3. The quantitative estimate of drug-likeness (QED) is 0.699. The first-order valence-electron chi connectivity index (χ1n) is 7.40. The molecule has 3 fully saturated rings. The molecule has 2 nitrogen and oxygen atoms in total. The van der Waals surface area contributed by atoms with Crippen LogP contribution in [0.3, 0.4) is 0 Å². The molecule has 1 aliphatic heterocycles. The zero-order chi connectivity index (χ0) is 12.1. The normalized spacial score (nSPS) is 49.2. The van der Waals surface area contributed by atoms with Gasteiger partial charge in [0.05, 0.1) is 12.7 Å². The predicted octanol–water partition coefficient (Wildman–Crippen LogP) is 3.11. The first-order chi connectivity index (χ1) is 8.01. The Morgan fingerprint density at radius 2 is 2.00 bits per heavy atom. The second kappa shape index (κ2) is 3.96. The van der Waals surface area contributed by atoms with Crippen molar-refractivity contribution in [2.24, 2.45) is 11.3 Å². The molecule has 4 unspecified atom stereocenters. The second-order valence-corrected chi connectivity index (χ2v) is 7.49. The van der Waals surface area contributed by atoms with E-state index in [1.54, 1.807) is 0 Å². The molecule has 1 N–H and O–H groups in total. The Morgan fingerprint density at radius 1 is 1.18 bits per heavy atom. The molecule has 0 radical (unpaired) electrons. The molecule has 4 atom stereocenters. The minimum Gasteiger partial charge on any atom is -0.374 e. The van der Waals surface area contributed by atoms with Crippen LogP contribution in [0.4, 0.5) is 0 Å². The molecular weight excluding hydrogens is 210 g/mol. The van der Waals surface area contributed by atoms with Gasteiger partial charge in [0, 0.05) is 11.6 Å². The maximum atomic E-state index is 6.30. The van der Waals surface area contributed by atoms with Crippen molar-refractivity contribution in [2.75, 3.05) is 6.61 Å². The number of rotatable bonds is 0. The summed E-state index contributed by atoms with van der Waals surface area (Å²) in [5, 5.41) is 3.99. The summed E-state index contributed by atoms with van der Waals surface area (Å²) in [6, 6.07) is 0.615. The largest absolute Gasteiger partial charge is 0.374 e. The van der Waals surface area contributed by atoms with Gasteiger partial charge in [0.25, 0.3) is 0 Å². The topological polar surface area (TPSA) is 21.3 Å². The fourth-order valence-corrected chi connectivity index (χ4v) is 4.46. The van der Waals surface area contributed by atoms with Crippen LogP contribution in [0.5, 0.6) is 0 Å². The van der Waals surface area contributed by atoms with E-state index < -0.39 is 0 Å². The van der Waals surface area contributed by atoms with Gasteiger partial charge in [0.15, 0.2) is 0 Å². The van der Waals surface area contributed by atoms with Crippen molar-refractivity contribution in [3.8, 4) is 0 Å². The van der Waals surface area contributed by atoms with Gasteiger partial charge < -0.3 is 10.1 Å². The zero-order valence-corrected chi connectivity index (χ0v) is 11.6. The van der Waals surface area contributed by atoms with E-state index >= 15 is 0 Å². The molecule has 98 valence electrons. The van der Waals surface area contributed by atoms with Crippen LogP contribution in [0.15, 0.2) is 0 Å². The molecule has 2 aliphatic carbocycles. The minimum atomic E-state index is 0.319. The average molecular weight is 237 g/mol. The zero-order valence-electron chi connectivity index (χ0n) is 11.6. The van der Waals surface area contributed by atoms with Crippen molar-refractivity contribution >= 4 is 0 Å². The molecule has 2 heteroatoms. The van der Waals surface area contributed by atoms with Crippen molar-refractivity contribution in [1.82, 2.24) is 5.32 Å². The van der Waals surface area contributed by atoms with E-state index in [4.69, 9.17) is 4.74 Å². The van der Waals surface area contributed by atoms with Gasteiger partial charge in [-0.1, -0.05) is 33.6 Å². The lowest BCUT2D eigenvalue weighted by Crippen LogP contribution is -2.63. The van der Waals surface area contributed by atoms with Gasteiger partial charge in [-0.2, -0.15) is 0 Å². The fourth-order valence-electron chi connectivity index (χ4n) is 4.46. The summed E-state index contributed by atoms with van der Waals surface area (Å²) >= 11 is 0.